The van der Waals surface area contributed by atoms with Crippen molar-refractivity contribution < 1.29 is 28.9 Å². The summed E-state index contributed by atoms with van der Waals surface area (Å²) in [5, 5.41) is 8.99. The van der Waals surface area contributed by atoms with Gasteiger partial charge in [0.15, 0.2) is 6.61 Å². The zero-order chi connectivity index (χ0) is 22.1. The molecule has 9 heteroatoms. The summed E-state index contributed by atoms with van der Waals surface area (Å²) in [7, 11) is 0. The zero-order valence-corrected chi connectivity index (χ0v) is 18.1. The van der Waals surface area contributed by atoms with E-state index >= 15 is 0 Å². The van der Waals surface area contributed by atoms with Gasteiger partial charge in [0.05, 0.1) is 13.2 Å². The van der Waals surface area contributed by atoms with Crippen LogP contribution in [0.3, 0.4) is 0 Å². The van der Waals surface area contributed by atoms with Gasteiger partial charge in [-0.2, -0.15) is 0 Å². The van der Waals surface area contributed by atoms with Crippen LogP contribution < -0.4 is 16.2 Å². The van der Waals surface area contributed by atoms with E-state index in [2.05, 4.69) is 20.7 Å². The normalized spacial score (nSPS) is 9.07. The Labute approximate surface area is 178 Å². The summed E-state index contributed by atoms with van der Waals surface area (Å²) in [5.74, 6) is 0.276. The summed E-state index contributed by atoms with van der Waals surface area (Å²) in [6.45, 7) is 4.29. The number of alkyl halides is 1. The molecule has 0 aromatic heterocycles. The van der Waals surface area contributed by atoms with Crippen molar-refractivity contribution in [2.75, 3.05) is 36.6 Å². The van der Waals surface area contributed by atoms with Gasteiger partial charge in [-0.3, -0.25) is 4.79 Å². The van der Waals surface area contributed by atoms with E-state index in [1.165, 1.54) is 0 Å². The van der Waals surface area contributed by atoms with Crippen LogP contribution in [0, 0.1) is 0 Å². The Morgan fingerprint density at radius 1 is 0.862 bits per heavy atom. The van der Waals surface area contributed by atoms with E-state index in [1.54, 1.807) is 62.4 Å². The molecule has 0 unspecified atom stereocenters. The van der Waals surface area contributed by atoms with Crippen LogP contribution in [0.2, 0.25) is 0 Å². The Kier molecular flexibility index (Phi) is 14.4. The third-order valence-corrected chi connectivity index (χ3v) is 3.31. The number of carbonyl (C=O) groups is 2. The van der Waals surface area contributed by atoms with Crippen molar-refractivity contribution in [3.05, 3.63) is 48.5 Å². The van der Waals surface area contributed by atoms with Crippen molar-refractivity contribution in [1.82, 2.24) is 0 Å². The molecule has 0 saturated heterocycles. The van der Waals surface area contributed by atoms with Gasteiger partial charge < -0.3 is 30.8 Å². The Morgan fingerprint density at radius 2 is 1.31 bits per heavy atom. The maximum atomic E-state index is 10.9. The molecular formula is C20H27BrN2O6. The first-order valence-electron chi connectivity index (χ1n) is 8.72. The first kappa shape index (κ1) is 26.1. The van der Waals surface area contributed by atoms with Gasteiger partial charge in [0, 0.05) is 11.4 Å². The fourth-order valence-corrected chi connectivity index (χ4v) is 1.74. The minimum absolute atomic E-state index is 0.0717. The molecule has 0 amide bonds. The molecule has 160 valence electrons. The van der Waals surface area contributed by atoms with Crippen molar-refractivity contribution in [2.45, 2.75) is 13.8 Å². The smallest absolute Gasteiger partial charge is 0.344 e. The van der Waals surface area contributed by atoms with E-state index in [0.717, 1.165) is 0 Å². The van der Waals surface area contributed by atoms with Crippen LogP contribution in [0.15, 0.2) is 48.5 Å². The molecule has 0 bridgehead atoms. The molecule has 0 spiro atoms. The van der Waals surface area contributed by atoms with Crippen LogP contribution in [0.1, 0.15) is 13.8 Å². The molecule has 2 aromatic rings. The third-order valence-electron chi connectivity index (χ3n) is 2.85. The van der Waals surface area contributed by atoms with Gasteiger partial charge in [0.25, 0.3) is 0 Å². The summed E-state index contributed by atoms with van der Waals surface area (Å²) in [6.07, 6.45) is 0. The van der Waals surface area contributed by atoms with Crippen LogP contribution in [0.25, 0.3) is 0 Å². The van der Waals surface area contributed by atoms with E-state index in [1.807, 2.05) is 0 Å². The third kappa shape index (κ3) is 14.7. The second-order valence-electron chi connectivity index (χ2n) is 5.19. The van der Waals surface area contributed by atoms with Crippen LogP contribution in [-0.2, 0) is 19.1 Å². The predicted octanol–water partition coefficient (Wildman–Crippen LogP) is 3.13. The van der Waals surface area contributed by atoms with Gasteiger partial charge in [-0.25, -0.2) is 4.79 Å². The lowest BCUT2D eigenvalue weighted by Gasteiger charge is -2.05. The topological polar surface area (TPSA) is 134 Å². The number of carbonyl (C=O) groups excluding carboxylic acids is 2. The first-order valence-corrected chi connectivity index (χ1v) is 9.84. The highest BCUT2D eigenvalue weighted by molar-refractivity contribution is 9.09. The molecule has 0 aliphatic heterocycles. The van der Waals surface area contributed by atoms with Gasteiger partial charge in [-0.05, 0) is 62.4 Å². The van der Waals surface area contributed by atoms with Crippen molar-refractivity contribution in [2.24, 2.45) is 0 Å². The van der Waals surface area contributed by atoms with Gasteiger partial charge >= 0.3 is 11.9 Å². The van der Waals surface area contributed by atoms with Gasteiger partial charge in [-0.1, -0.05) is 15.9 Å². The molecule has 29 heavy (non-hydrogen) atoms. The lowest BCUT2D eigenvalue weighted by Crippen LogP contribution is -2.14. The van der Waals surface area contributed by atoms with Gasteiger partial charge in [0.1, 0.15) is 16.8 Å². The summed E-state index contributed by atoms with van der Waals surface area (Å²) < 4.78 is 14.3. The molecule has 0 aliphatic carbocycles. The van der Waals surface area contributed by atoms with E-state index in [9.17, 15) is 9.59 Å². The maximum Gasteiger partial charge on any atom is 0.344 e. The minimum atomic E-state index is -0.371. The Hall–Kier alpha value is -2.94. The average molecular weight is 471 g/mol. The number of phenolic OH excluding ortho intramolecular Hbond substituents is 1. The average Bonchev–Trinajstić information content (AvgIpc) is 2.71. The fraction of sp³-hybridized carbons (Fsp3) is 0.300. The molecule has 0 saturated carbocycles. The van der Waals surface area contributed by atoms with Gasteiger partial charge in [0.2, 0.25) is 0 Å². The highest BCUT2D eigenvalue weighted by Crippen LogP contribution is 2.12. The first-order chi connectivity index (χ1) is 13.8. The SMILES string of the molecule is CCOC(=O)CBr.CCOC(=O)COc1ccc(N)cc1.Nc1ccc(O)cc1. The van der Waals surface area contributed by atoms with Crippen LogP contribution in [-0.4, -0.2) is 42.2 Å². The minimum Gasteiger partial charge on any atom is -0.508 e. The zero-order valence-electron chi connectivity index (χ0n) is 16.5. The highest BCUT2D eigenvalue weighted by atomic mass is 79.9. The number of benzene rings is 2. The van der Waals surface area contributed by atoms with E-state index in [4.69, 9.17) is 26.0 Å². The molecule has 5 N–H and O–H groups in total. The maximum absolute atomic E-state index is 10.9. The quantitative estimate of drug-likeness (QED) is 0.253. The lowest BCUT2D eigenvalue weighted by atomic mass is 10.3. The molecule has 2 rings (SSSR count). The van der Waals surface area contributed by atoms with E-state index in [-0.39, 0.29) is 24.3 Å². The largest absolute Gasteiger partial charge is 0.508 e. The Morgan fingerprint density at radius 3 is 1.69 bits per heavy atom. The number of rotatable bonds is 6. The number of nitrogen functional groups attached to an aromatic ring is 2. The standard InChI is InChI=1S/C10H13NO3.C6H7NO.C4H7BrO2/c1-2-13-10(12)7-14-9-5-3-8(11)4-6-9;7-5-1-3-6(8)4-2-5;1-2-7-4(6)3-5/h3-6H,2,7,11H2,1H3;1-4,8H,7H2;2-3H2,1H3. The summed E-state index contributed by atoms with van der Waals surface area (Å²) in [6, 6.07) is 13.2. The molecule has 0 heterocycles. The number of anilines is 2. The number of aromatic hydroxyl groups is 1. The second-order valence-corrected chi connectivity index (χ2v) is 5.75. The summed E-state index contributed by atoms with van der Waals surface area (Å²) >= 11 is 2.94. The number of phenols is 1. The molecule has 0 radical (unpaired) electrons. The van der Waals surface area contributed by atoms with E-state index in [0.29, 0.717) is 35.7 Å². The molecule has 0 aliphatic rings. The molecule has 2 aromatic carbocycles. The number of hydrogen-bond donors (Lipinski definition) is 3. The van der Waals surface area contributed by atoms with Crippen molar-refractivity contribution >= 4 is 39.2 Å². The number of ether oxygens (including phenoxy) is 3. The molecule has 0 fully saturated rings. The second kappa shape index (κ2) is 16.1. The lowest BCUT2D eigenvalue weighted by molar-refractivity contribution is -0.145. The van der Waals surface area contributed by atoms with E-state index < -0.39 is 0 Å². The van der Waals surface area contributed by atoms with Crippen LogP contribution in [0.4, 0.5) is 11.4 Å². The fourth-order valence-electron chi connectivity index (χ4n) is 1.58. The van der Waals surface area contributed by atoms with Crippen molar-refractivity contribution in [3.63, 3.8) is 0 Å². The number of esters is 2. The van der Waals surface area contributed by atoms with Crippen molar-refractivity contribution in [1.29, 1.82) is 0 Å². The summed E-state index contributed by atoms with van der Waals surface area (Å²) in [4.78, 5) is 21.1. The molecule has 8 nitrogen and oxygen atoms in total. The van der Waals surface area contributed by atoms with Gasteiger partial charge in [-0.15, -0.1) is 0 Å². The monoisotopic (exact) mass is 470 g/mol. The van der Waals surface area contributed by atoms with Crippen LogP contribution >= 0.6 is 15.9 Å². The molecule has 0 atom stereocenters. The molecular weight excluding hydrogens is 444 g/mol. The van der Waals surface area contributed by atoms with Crippen molar-refractivity contribution in [3.8, 4) is 11.5 Å². The van der Waals surface area contributed by atoms with Crippen LogP contribution in [0.5, 0.6) is 11.5 Å². The number of nitrogens with two attached hydrogens (primary N) is 2. The predicted molar refractivity (Wildman–Crippen MR) is 116 cm³/mol. The summed E-state index contributed by atoms with van der Waals surface area (Å²) in [5.41, 5.74) is 12.1. The highest BCUT2D eigenvalue weighted by Gasteiger charge is 2.02. The Bertz CT molecular complexity index is 687. The number of hydrogen-bond acceptors (Lipinski definition) is 8. The Balaban J connectivity index is 0.000000444. The number of halogens is 1.